The molecule has 1 amide bonds. The van der Waals surface area contributed by atoms with Crippen LogP contribution in [0.25, 0.3) is 0 Å². The first kappa shape index (κ1) is 14.1. The molecular weight excluding hydrogens is 321 g/mol. The molecule has 2 aliphatic rings. The fourth-order valence-corrected chi connectivity index (χ4v) is 4.38. The Labute approximate surface area is 127 Å². The molecule has 3 rings (SSSR count). The third-order valence-electron chi connectivity index (χ3n) is 4.74. The normalized spacial score (nSPS) is 29.4. The van der Waals surface area contributed by atoms with Crippen molar-refractivity contribution in [1.29, 1.82) is 0 Å². The van der Waals surface area contributed by atoms with Gasteiger partial charge in [-0.2, -0.15) is 0 Å². The van der Waals surface area contributed by atoms with Gasteiger partial charge in [-0.05, 0) is 66.2 Å². The van der Waals surface area contributed by atoms with E-state index in [1.807, 2.05) is 4.90 Å². The predicted molar refractivity (Wildman–Crippen MR) is 80.1 cm³/mol. The van der Waals surface area contributed by atoms with Gasteiger partial charge in [0.05, 0.1) is 5.56 Å². The average Bonchev–Trinajstić information content (AvgIpc) is 2.73. The molecule has 1 heterocycles. The van der Waals surface area contributed by atoms with E-state index in [9.17, 15) is 9.18 Å². The summed E-state index contributed by atoms with van der Waals surface area (Å²) in [6, 6.07) is 4.98. The number of benzene rings is 1. The molecule has 1 aromatic rings. The van der Waals surface area contributed by atoms with Gasteiger partial charge < -0.3 is 4.90 Å². The van der Waals surface area contributed by atoms with Crippen molar-refractivity contribution in [2.75, 3.05) is 0 Å². The van der Waals surface area contributed by atoms with Crippen molar-refractivity contribution < 1.29 is 9.18 Å². The van der Waals surface area contributed by atoms with Gasteiger partial charge in [0.1, 0.15) is 5.82 Å². The molecule has 0 aromatic heterocycles. The van der Waals surface area contributed by atoms with Crippen LogP contribution in [0, 0.1) is 11.7 Å². The summed E-state index contributed by atoms with van der Waals surface area (Å²) in [5, 5.41) is 0. The number of carbonyl (C=O) groups excluding carboxylic acids is 1. The third kappa shape index (κ3) is 2.39. The number of rotatable bonds is 1. The van der Waals surface area contributed by atoms with E-state index in [0.29, 0.717) is 22.0 Å². The number of nitrogens with zero attached hydrogens (tertiary/aromatic N) is 1. The zero-order valence-electron chi connectivity index (χ0n) is 11.6. The van der Waals surface area contributed by atoms with Crippen LogP contribution in [0.1, 0.15) is 49.4 Å². The maximum absolute atomic E-state index is 13.2. The zero-order chi connectivity index (χ0) is 14.3. The molecule has 1 saturated carbocycles. The van der Waals surface area contributed by atoms with Crippen LogP contribution in [-0.2, 0) is 0 Å². The lowest BCUT2D eigenvalue weighted by molar-refractivity contribution is 0.0632. The number of fused-ring (bicyclic) bond motifs is 1. The van der Waals surface area contributed by atoms with Gasteiger partial charge >= 0.3 is 0 Å². The molecule has 1 aliphatic heterocycles. The Balaban J connectivity index is 1.89. The SMILES string of the molecule is CC1CC2CCCCC2N1C(=O)c1ccc(F)cc1Br. The fraction of sp³-hybridized carbons (Fsp3) is 0.562. The summed E-state index contributed by atoms with van der Waals surface area (Å²) in [5.41, 5.74) is 0.574. The molecule has 4 heteroatoms. The van der Waals surface area contributed by atoms with Crippen LogP contribution in [0.2, 0.25) is 0 Å². The molecule has 1 aromatic carbocycles. The first-order valence-corrected chi connectivity index (χ1v) is 8.15. The van der Waals surface area contributed by atoms with Gasteiger partial charge in [-0.25, -0.2) is 4.39 Å². The van der Waals surface area contributed by atoms with Gasteiger partial charge in [-0.1, -0.05) is 12.8 Å². The summed E-state index contributed by atoms with van der Waals surface area (Å²) >= 11 is 3.32. The van der Waals surface area contributed by atoms with Crippen molar-refractivity contribution in [3.05, 3.63) is 34.1 Å². The van der Waals surface area contributed by atoms with Gasteiger partial charge in [0.25, 0.3) is 5.91 Å². The highest BCUT2D eigenvalue weighted by Crippen LogP contribution is 2.40. The highest BCUT2D eigenvalue weighted by atomic mass is 79.9. The maximum Gasteiger partial charge on any atom is 0.255 e. The second-order valence-electron chi connectivity index (χ2n) is 6.03. The molecule has 3 unspecified atom stereocenters. The quantitative estimate of drug-likeness (QED) is 0.743. The Morgan fingerprint density at radius 2 is 2.10 bits per heavy atom. The molecule has 3 atom stereocenters. The van der Waals surface area contributed by atoms with Gasteiger partial charge in [0, 0.05) is 16.6 Å². The minimum Gasteiger partial charge on any atom is -0.333 e. The number of amides is 1. The number of halogens is 2. The van der Waals surface area contributed by atoms with E-state index in [4.69, 9.17) is 0 Å². The molecule has 108 valence electrons. The highest BCUT2D eigenvalue weighted by molar-refractivity contribution is 9.10. The summed E-state index contributed by atoms with van der Waals surface area (Å²) in [6.45, 7) is 2.13. The van der Waals surface area contributed by atoms with Crippen LogP contribution in [-0.4, -0.2) is 22.9 Å². The van der Waals surface area contributed by atoms with Crippen LogP contribution in [0.4, 0.5) is 4.39 Å². The van der Waals surface area contributed by atoms with Gasteiger partial charge in [-0.15, -0.1) is 0 Å². The van der Waals surface area contributed by atoms with Crippen molar-refractivity contribution in [1.82, 2.24) is 4.90 Å². The van der Waals surface area contributed by atoms with E-state index in [-0.39, 0.29) is 17.8 Å². The van der Waals surface area contributed by atoms with Crippen LogP contribution in [0.3, 0.4) is 0 Å². The van der Waals surface area contributed by atoms with Crippen molar-refractivity contribution in [3.63, 3.8) is 0 Å². The lowest BCUT2D eigenvalue weighted by Crippen LogP contribution is -2.42. The van der Waals surface area contributed by atoms with Gasteiger partial charge in [-0.3, -0.25) is 4.79 Å². The molecule has 0 radical (unpaired) electrons. The van der Waals surface area contributed by atoms with E-state index in [1.54, 1.807) is 6.07 Å². The monoisotopic (exact) mass is 339 g/mol. The Bertz CT molecular complexity index is 533. The number of likely N-dealkylation sites (tertiary alicyclic amines) is 1. The van der Waals surface area contributed by atoms with E-state index < -0.39 is 0 Å². The average molecular weight is 340 g/mol. The highest BCUT2D eigenvalue weighted by Gasteiger charge is 2.42. The number of carbonyl (C=O) groups is 1. The third-order valence-corrected chi connectivity index (χ3v) is 5.40. The molecule has 0 N–H and O–H groups in total. The Morgan fingerprint density at radius 1 is 1.35 bits per heavy atom. The second kappa shape index (κ2) is 5.47. The van der Waals surface area contributed by atoms with Crippen molar-refractivity contribution >= 4 is 21.8 Å². The molecule has 2 nitrogen and oxygen atoms in total. The summed E-state index contributed by atoms with van der Waals surface area (Å²) in [7, 11) is 0. The first-order chi connectivity index (χ1) is 9.58. The molecule has 0 spiro atoms. The minimum absolute atomic E-state index is 0.0405. The summed E-state index contributed by atoms with van der Waals surface area (Å²) in [4.78, 5) is 14.9. The molecule has 0 bridgehead atoms. The van der Waals surface area contributed by atoms with Crippen LogP contribution < -0.4 is 0 Å². The minimum atomic E-state index is -0.321. The lowest BCUT2D eigenvalue weighted by Gasteiger charge is -2.33. The van der Waals surface area contributed by atoms with Crippen LogP contribution in [0.15, 0.2) is 22.7 Å². The Hall–Kier alpha value is -0.900. The van der Waals surface area contributed by atoms with Gasteiger partial charge in [0.2, 0.25) is 0 Å². The predicted octanol–water partition coefficient (Wildman–Crippen LogP) is 4.38. The summed E-state index contributed by atoms with van der Waals surface area (Å²) in [6.07, 6.45) is 5.95. The summed E-state index contributed by atoms with van der Waals surface area (Å²) in [5.74, 6) is 0.374. The molecular formula is C16H19BrFNO. The van der Waals surface area contributed by atoms with Gasteiger partial charge in [0.15, 0.2) is 0 Å². The van der Waals surface area contributed by atoms with E-state index in [1.165, 1.54) is 31.4 Å². The molecule has 20 heavy (non-hydrogen) atoms. The smallest absolute Gasteiger partial charge is 0.255 e. The Morgan fingerprint density at radius 3 is 2.85 bits per heavy atom. The molecule has 2 fully saturated rings. The van der Waals surface area contributed by atoms with E-state index in [2.05, 4.69) is 22.9 Å². The van der Waals surface area contributed by atoms with Crippen molar-refractivity contribution in [2.45, 2.75) is 51.1 Å². The summed E-state index contributed by atoms with van der Waals surface area (Å²) < 4.78 is 13.7. The lowest BCUT2D eigenvalue weighted by atomic mass is 9.85. The zero-order valence-corrected chi connectivity index (χ0v) is 13.2. The number of hydrogen-bond donors (Lipinski definition) is 0. The van der Waals surface area contributed by atoms with E-state index in [0.717, 1.165) is 12.8 Å². The molecule has 1 aliphatic carbocycles. The Kier molecular flexibility index (Phi) is 3.85. The van der Waals surface area contributed by atoms with Crippen molar-refractivity contribution in [3.8, 4) is 0 Å². The largest absolute Gasteiger partial charge is 0.333 e. The first-order valence-electron chi connectivity index (χ1n) is 7.35. The van der Waals surface area contributed by atoms with Crippen molar-refractivity contribution in [2.24, 2.45) is 5.92 Å². The molecule has 1 saturated heterocycles. The second-order valence-corrected chi connectivity index (χ2v) is 6.89. The fourth-order valence-electron chi connectivity index (χ4n) is 3.86. The van der Waals surface area contributed by atoms with Crippen LogP contribution in [0.5, 0.6) is 0 Å². The van der Waals surface area contributed by atoms with Crippen LogP contribution >= 0.6 is 15.9 Å². The number of hydrogen-bond acceptors (Lipinski definition) is 1. The van der Waals surface area contributed by atoms with E-state index >= 15 is 0 Å². The topological polar surface area (TPSA) is 20.3 Å². The maximum atomic E-state index is 13.2. The standard InChI is InChI=1S/C16H19BrFNO/c1-10-8-11-4-2-3-5-15(11)19(10)16(20)13-7-6-12(18)9-14(13)17/h6-7,9-11,15H,2-5,8H2,1H3.